The molecule has 0 aromatic heterocycles. The molecule has 0 aliphatic heterocycles. The van der Waals surface area contributed by atoms with E-state index in [1.807, 2.05) is 6.07 Å². The zero-order chi connectivity index (χ0) is 11.4. The summed E-state index contributed by atoms with van der Waals surface area (Å²) in [5, 5.41) is 8.55. The number of carbonyl (C=O) groups excluding carboxylic acids is 1. The highest BCUT2D eigenvalue weighted by atomic mass is 35.5. The van der Waals surface area contributed by atoms with Gasteiger partial charge in [-0.2, -0.15) is 5.26 Å². The maximum absolute atomic E-state index is 13.2. The number of nitrogens with zero attached hydrogens (tertiary/aromatic N) is 1. The van der Waals surface area contributed by atoms with Crippen LogP contribution >= 0.6 is 11.6 Å². The Morgan fingerprint density at radius 2 is 2.27 bits per heavy atom. The van der Waals surface area contributed by atoms with Crippen molar-refractivity contribution in [3.8, 4) is 6.07 Å². The van der Waals surface area contributed by atoms with Crippen molar-refractivity contribution in [2.24, 2.45) is 0 Å². The van der Waals surface area contributed by atoms with Crippen LogP contribution in [0.15, 0.2) is 12.1 Å². The number of benzene rings is 1. The van der Waals surface area contributed by atoms with Gasteiger partial charge in [0.1, 0.15) is 5.82 Å². The average Bonchev–Trinajstić information content (AvgIpc) is 2.20. The van der Waals surface area contributed by atoms with Crippen molar-refractivity contribution in [1.29, 1.82) is 5.26 Å². The first-order valence-corrected chi connectivity index (χ1v) is 4.80. The molecule has 0 amide bonds. The Bertz CT molecular complexity index is 437. The molecule has 1 aromatic rings. The number of Topliss-reactive ketones (excluding diaryl/α,β-unsaturated/α-hetero) is 1. The van der Waals surface area contributed by atoms with E-state index in [0.29, 0.717) is 5.56 Å². The first kappa shape index (κ1) is 11.7. The predicted molar refractivity (Wildman–Crippen MR) is 55.3 cm³/mol. The summed E-state index contributed by atoms with van der Waals surface area (Å²) in [5.74, 6) is -0.764. The molecular formula is C11H9ClFNO. The molecule has 0 atom stereocenters. The monoisotopic (exact) mass is 225 g/mol. The lowest BCUT2D eigenvalue weighted by molar-refractivity contribution is 0.0984. The normalized spacial score (nSPS) is 9.73. The average molecular weight is 226 g/mol. The van der Waals surface area contributed by atoms with Crippen molar-refractivity contribution in [2.75, 3.05) is 0 Å². The molecule has 1 aromatic carbocycles. The number of hydrogen-bond donors (Lipinski definition) is 0. The second-order valence-corrected chi connectivity index (χ2v) is 3.57. The Balaban J connectivity index is 3.00. The third kappa shape index (κ3) is 2.77. The van der Waals surface area contributed by atoms with Crippen molar-refractivity contribution in [3.05, 3.63) is 34.1 Å². The van der Waals surface area contributed by atoms with Crippen LogP contribution in [0.4, 0.5) is 4.39 Å². The van der Waals surface area contributed by atoms with Crippen molar-refractivity contribution < 1.29 is 9.18 Å². The van der Waals surface area contributed by atoms with E-state index in [-0.39, 0.29) is 29.2 Å². The number of hydrogen-bond acceptors (Lipinski definition) is 2. The van der Waals surface area contributed by atoms with Crippen molar-refractivity contribution in [3.63, 3.8) is 0 Å². The number of carbonyl (C=O) groups is 1. The molecule has 0 N–H and O–H groups in total. The highest BCUT2D eigenvalue weighted by Crippen LogP contribution is 2.22. The molecule has 2 nitrogen and oxygen atoms in total. The summed E-state index contributed by atoms with van der Waals surface area (Å²) in [6.07, 6.45) is 0.184. The first-order chi connectivity index (χ1) is 7.06. The Labute approximate surface area is 92.3 Å². The van der Waals surface area contributed by atoms with Gasteiger partial charge < -0.3 is 0 Å². The molecule has 0 spiro atoms. The Morgan fingerprint density at radius 3 is 2.87 bits per heavy atom. The van der Waals surface area contributed by atoms with Gasteiger partial charge in [-0.25, -0.2) is 4.39 Å². The van der Waals surface area contributed by atoms with Crippen LogP contribution in [0.25, 0.3) is 0 Å². The van der Waals surface area contributed by atoms with Gasteiger partial charge in [-0.3, -0.25) is 4.79 Å². The van der Waals surface area contributed by atoms with E-state index in [9.17, 15) is 9.18 Å². The van der Waals surface area contributed by atoms with Gasteiger partial charge in [-0.05, 0) is 24.6 Å². The summed E-state index contributed by atoms with van der Waals surface area (Å²) in [6, 6.07) is 4.39. The quantitative estimate of drug-likeness (QED) is 0.741. The Kier molecular flexibility index (Phi) is 3.81. The van der Waals surface area contributed by atoms with E-state index in [2.05, 4.69) is 0 Å². The summed E-state index contributed by atoms with van der Waals surface area (Å²) >= 11 is 5.80. The number of aryl methyl sites for hydroxylation is 1. The van der Waals surface area contributed by atoms with Gasteiger partial charge in [0.2, 0.25) is 0 Å². The van der Waals surface area contributed by atoms with Gasteiger partial charge in [-0.15, -0.1) is 0 Å². The number of rotatable bonds is 3. The molecule has 0 unspecified atom stereocenters. The van der Waals surface area contributed by atoms with Gasteiger partial charge in [0.25, 0.3) is 0 Å². The molecule has 0 bridgehead atoms. The smallest absolute Gasteiger partial charge is 0.165 e. The lowest BCUT2D eigenvalue weighted by Crippen LogP contribution is -2.01. The van der Waals surface area contributed by atoms with E-state index >= 15 is 0 Å². The molecular weight excluding hydrogens is 217 g/mol. The number of halogens is 2. The topological polar surface area (TPSA) is 40.9 Å². The standard InChI is InChI=1S/C11H9ClFNO/c1-7-5-9(12)8(6-10(7)13)11(15)3-2-4-14/h5-6H,2-3H2,1H3. The van der Waals surface area contributed by atoms with Crippen LogP contribution in [-0.4, -0.2) is 5.78 Å². The summed E-state index contributed by atoms with van der Waals surface area (Å²) < 4.78 is 13.2. The molecule has 0 saturated heterocycles. The molecule has 0 aliphatic carbocycles. The number of nitriles is 1. The molecule has 0 saturated carbocycles. The zero-order valence-electron chi connectivity index (χ0n) is 8.18. The molecule has 4 heteroatoms. The third-order valence-electron chi connectivity index (χ3n) is 2.01. The zero-order valence-corrected chi connectivity index (χ0v) is 8.94. The highest BCUT2D eigenvalue weighted by Gasteiger charge is 2.12. The van der Waals surface area contributed by atoms with E-state index < -0.39 is 5.82 Å². The molecule has 0 heterocycles. The molecule has 78 valence electrons. The Morgan fingerprint density at radius 1 is 1.60 bits per heavy atom. The molecule has 0 aliphatic rings. The maximum Gasteiger partial charge on any atom is 0.165 e. The fourth-order valence-corrected chi connectivity index (χ4v) is 1.49. The SMILES string of the molecule is Cc1cc(Cl)c(C(=O)CCC#N)cc1F. The summed E-state index contributed by atoms with van der Waals surface area (Å²) in [7, 11) is 0. The highest BCUT2D eigenvalue weighted by molar-refractivity contribution is 6.34. The Hall–Kier alpha value is -1.40. The van der Waals surface area contributed by atoms with Crippen LogP contribution in [-0.2, 0) is 0 Å². The maximum atomic E-state index is 13.2. The van der Waals surface area contributed by atoms with Crippen molar-refractivity contribution >= 4 is 17.4 Å². The van der Waals surface area contributed by atoms with Crippen LogP contribution in [0.5, 0.6) is 0 Å². The van der Waals surface area contributed by atoms with Gasteiger partial charge in [0.15, 0.2) is 5.78 Å². The van der Waals surface area contributed by atoms with Crippen LogP contribution in [0.3, 0.4) is 0 Å². The molecule has 15 heavy (non-hydrogen) atoms. The summed E-state index contributed by atoms with van der Waals surface area (Å²) in [4.78, 5) is 11.5. The third-order valence-corrected chi connectivity index (χ3v) is 2.33. The second-order valence-electron chi connectivity index (χ2n) is 3.16. The fourth-order valence-electron chi connectivity index (χ4n) is 1.16. The lowest BCUT2D eigenvalue weighted by atomic mass is 10.0. The van der Waals surface area contributed by atoms with Crippen LogP contribution in [0.1, 0.15) is 28.8 Å². The fraction of sp³-hybridized carbons (Fsp3) is 0.273. The van der Waals surface area contributed by atoms with Crippen LogP contribution < -0.4 is 0 Å². The predicted octanol–water partition coefficient (Wildman–Crippen LogP) is 3.27. The summed E-state index contributed by atoms with van der Waals surface area (Å²) in [5.41, 5.74) is 0.548. The van der Waals surface area contributed by atoms with E-state index in [1.54, 1.807) is 6.92 Å². The second kappa shape index (κ2) is 4.90. The molecule has 1 rings (SSSR count). The van der Waals surface area contributed by atoms with E-state index in [0.717, 1.165) is 6.07 Å². The molecule has 0 fully saturated rings. The van der Waals surface area contributed by atoms with Crippen LogP contribution in [0.2, 0.25) is 5.02 Å². The van der Waals surface area contributed by atoms with Crippen molar-refractivity contribution in [1.82, 2.24) is 0 Å². The minimum Gasteiger partial charge on any atom is -0.294 e. The van der Waals surface area contributed by atoms with Gasteiger partial charge in [0, 0.05) is 18.4 Å². The van der Waals surface area contributed by atoms with E-state index in [4.69, 9.17) is 16.9 Å². The van der Waals surface area contributed by atoms with Gasteiger partial charge >= 0.3 is 0 Å². The largest absolute Gasteiger partial charge is 0.294 e. The van der Waals surface area contributed by atoms with Gasteiger partial charge in [0.05, 0.1) is 11.1 Å². The first-order valence-electron chi connectivity index (χ1n) is 4.42. The lowest BCUT2D eigenvalue weighted by Gasteiger charge is -2.04. The summed E-state index contributed by atoms with van der Waals surface area (Å²) in [6.45, 7) is 1.57. The van der Waals surface area contributed by atoms with Crippen molar-refractivity contribution in [2.45, 2.75) is 19.8 Å². The van der Waals surface area contributed by atoms with Crippen LogP contribution in [0, 0.1) is 24.1 Å². The number of ketones is 1. The van der Waals surface area contributed by atoms with Gasteiger partial charge in [-0.1, -0.05) is 11.6 Å². The molecule has 0 radical (unpaired) electrons. The minimum atomic E-state index is -0.459. The minimum absolute atomic E-state index is 0.0682. The van der Waals surface area contributed by atoms with E-state index in [1.165, 1.54) is 6.07 Å².